The molecule has 1 N–H and O–H groups in total. The van der Waals surface area contributed by atoms with Gasteiger partial charge in [0.25, 0.3) is 0 Å². The summed E-state index contributed by atoms with van der Waals surface area (Å²) in [6, 6.07) is 8.69. The van der Waals surface area contributed by atoms with E-state index in [2.05, 4.69) is 33.4 Å². The van der Waals surface area contributed by atoms with Gasteiger partial charge in [0.1, 0.15) is 0 Å². The van der Waals surface area contributed by atoms with Gasteiger partial charge in [-0.25, -0.2) is 4.98 Å². The van der Waals surface area contributed by atoms with Crippen LogP contribution in [0.25, 0.3) is 10.2 Å². The predicted molar refractivity (Wildman–Crippen MR) is 121 cm³/mol. The van der Waals surface area contributed by atoms with Crippen molar-refractivity contribution < 1.29 is 4.79 Å². The monoisotopic (exact) mass is 413 g/mol. The number of likely N-dealkylation sites (tertiary alicyclic amines) is 1. The molecule has 0 unspecified atom stereocenters. The summed E-state index contributed by atoms with van der Waals surface area (Å²) in [5, 5.41) is 4.48. The first-order valence-electron chi connectivity index (χ1n) is 11.6. The second-order valence-electron chi connectivity index (χ2n) is 8.93. The lowest BCUT2D eigenvalue weighted by molar-refractivity contribution is -0.122. The van der Waals surface area contributed by atoms with Crippen LogP contribution in [0.5, 0.6) is 0 Å². The van der Waals surface area contributed by atoms with Crippen molar-refractivity contribution in [2.75, 3.05) is 19.6 Å². The van der Waals surface area contributed by atoms with Gasteiger partial charge in [0.15, 0.2) is 0 Å². The van der Waals surface area contributed by atoms with Gasteiger partial charge in [-0.15, -0.1) is 11.3 Å². The van der Waals surface area contributed by atoms with E-state index < -0.39 is 0 Å². The molecule has 1 aromatic carbocycles. The Morgan fingerprint density at radius 2 is 1.86 bits per heavy atom. The first-order chi connectivity index (χ1) is 14.3. The van der Waals surface area contributed by atoms with E-state index in [0.29, 0.717) is 12.5 Å². The third-order valence-electron chi connectivity index (χ3n) is 6.58. The summed E-state index contributed by atoms with van der Waals surface area (Å²) in [7, 11) is 0. The van der Waals surface area contributed by atoms with Gasteiger partial charge in [-0.1, -0.05) is 31.4 Å². The Bertz CT molecular complexity index is 742. The van der Waals surface area contributed by atoms with Crippen molar-refractivity contribution in [1.82, 2.24) is 15.2 Å². The molecule has 2 aliphatic rings. The highest BCUT2D eigenvalue weighted by molar-refractivity contribution is 7.18. The van der Waals surface area contributed by atoms with Crippen LogP contribution >= 0.6 is 11.3 Å². The molecule has 1 saturated carbocycles. The fourth-order valence-corrected chi connectivity index (χ4v) is 5.89. The van der Waals surface area contributed by atoms with Crippen LogP contribution in [-0.4, -0.2) is 41.5 Å². The Hall–Kier alpha value is -1.46. The number of rotatable bonds is 8. The smallest absolute Gasteiger partial charge is 0.220 e. The number of amides is 1. The number of piperidine rings is 1. The van der Waals surface area contributed by atoms with E-state index in [9.17, 15) is 4.79 Å². The van der Waals surface area contributed by atoms with Crippen molar-refractivity contribution in [3.8, 4) is 0 Å². The Kier molecular flexibility index (Phi) is 7.55. The van der Waals surface area contributed by atoms with Gasteiger partial charge >= 0.3 is 0 Å². The van der Waals surface area contributed by atoms with E-state index >= 15 is 0 Å². The molecule has 1 amide bonds. The topological polar surface area (TPSA) is 45.2 Å². The molecule has 2 fully saturated rings. The predicted octanol–water partition coefficient (Wildman–Crippen LogP) is 5.17. The number of unbranched alkanes of at least 4 members (excludes halogenated alkanes) is 1. The van der Waals surface area contributed by atoms with Gasteiger partial charge in [-0.05, 0) is 63.0 Å². The molecule has 5 heteroatoms. The molecule has 0 radical (unpaired) electrons. The Labute approximate surface area is 179 Å². The highest BCUT2D eigenvalue weighted by Crippen LogP contribution is 2.26. The second kappa shape index (κ2) is 10.5. The number of thiazole rings is 1. The Morgan fingerprint density at radius 3 is 2.66 bits per heavy atom. The number of fused-ring (bicyclic) bond motifs is 1. The minimum Gasteiger partial charge on any atom is -0.353 e. The number of hydrogen-bond donors (Lipinski definition) is 1. The lowest BCUT2D eigenvalue weighted by Gasteiger charge is -2.35. The van der Waals surface area contributed by atoms with Crippen LogP contribution in [0.15, 0.2) is 24.3 Å². The zero-order chi connectivity index (χ0) is 19.9. The van der Waals surface area contributed by atoms with Crippen LogP contribution in [0.3, 0.4) is 0 Å². The average molecular weight is 414 g/mol. The van der Waals surface area contributed by atoms with Crippen LogP contribution in [0.1, 0.15) is 69.2 Å². The molecular weight excluding hydrogens is 378 g/mol. The third kappa shape index (κ3) is 6.26. The number of nitrogens with one attached hydrogen (secondary N) is 1. The molecule has 1 aliphatic heterocycles. The molecule has 2 heterocycles. The number of hydrogen-bond acceptors (Lipinski definition) is 4. The molecule has 1 aromatic heterocycles. The summed E-state index contributed by atoms with van der Waals surface area (Å²) in [6.45, 7) is 3.59. The number of benzene rings is 1. The average Bonchev–Trinajstić information content (AvgIpc) is 3.16. The molecule has 2 aromatic rings. The summed E-state index contributed by atoms with van der Waals surface area (Å²) in [5.74, 6) is 1.16. The minimum absolute atomic E-state index is 0.236. The van der Waals surface area contributed by atoms with E-state index in [1.165, 1.54) is 48.4 Å². The standard InChI is InChI=1S/C24H35N3OS/c28-23(12-6-7-13-24-26-21-10-4-5-11-22(21)29-24)25-20-14-16-27(17-15-20)18-19-8-2-1-3-9-19/h4-5,10-11,19-20H,1-3,6-9,12-18H2,(H,25,28). The van der Waals surface area contributed by atoms with Crippen molar-refractivity contribution in [3.63, 3.8) is 0 Å². The minimum atomic E-state index is 0.236. The summed E-state index contributed by atoms with van der Waals surface area (Å²) in [6.07, 6.45) is 13.0. The fourth-order valence-electron chi connectivity index (χ4n) is 4.88. The van der Waals surface area contributed by atoms with Gasteiger partial charge in [0, 0.05) is 32.1 Å². The van der Waals surface area contributed by atoms with E-state index in [0.717, 1.165) is 56.6 Å². The molecule has 29 heavy (non-hydrogen) atoms. The zero-order valence-corrected chi connectivity index (χ0v) is 18.4. The normalized spacial score (nSPS) is 19.6. The summed E-state index contributed by atoms with van der Waals surface area (Å²) < 4.78 is 1.26. The zero-order valence-electron chi connectivity index (χ0n) is 17.6. The van der Waals surface area contributed by atoms with Crippen molar-refractivity contribution in [1.29, 1.82) is 0 Å². The van der Waals surface area contributed by atoms with Crippen LogP contribution in [0, 0.1) is 5.92 Å². The van der Waals surface area contributed by atoms with Gasteiger partial charge in [0.05, 0.1) is 15.2 Å². The van der Waals surface area contributed by atoms with E-state index in [1.807, 2.05) is 6.07 Å². The highest BCUT2D eigenvalue weighted by Gasteiger charge is 2.23. The largest absolute Gasteiger partial charge is 0.353 e. The van der Waals surface area contributed by atoms with Crippen molar-refractivity contribution in [2.24, 2.45) is 5.92 Å². The molecule has 0 atom stereocenters. The first-order valence-corrected chi connectivity index (χ1v) is 12.4. The van der Waals surface area contributed by atoms with Crippen LogP contribution < -0.4 is 5.32 Å². The van der Waals surface area contributed by atoms with Gasteiger partial charge in [-0.2, -0.15) is 0 Å². The molecule has 0 spiro atoms. The maximum atomic E-state index is 12.3. The second-order valence-corrected chi connectivity index (χ2v) is 10.0. The molecule has 158 valence electrons. The molecular formula is C24H35N3OS. The first kappa shape index (κ1) is 20.8. The maximum absolute atomic E-state index is 12.3. The van der Waals surface area contributed by atoms with E-state index in [4.69, 9.17) is 0 Å². The SMILES string of the molecule is O=C(CCCCc1nc2ccccc2s1)NC1CCN(CC2CCCCC2)CC1. The molecule has 0 bridgehead atoms. The van der Waals surface area contributed by atoms with Crippen molar-refractivity contribution in [3.05, 3.63) is 29.3 Å². The number of para-hydroxylation sites is 1. The number of carbonyl (C=O) groups excluding carboxylic acids is 1. The lowest BCUT2D eigenvalue weighted by Crippen LogP contribution is -2.45. The van der Waals surface area contributed by atoms with Crippen molar-refractivity contribution in [2.45, 2.75) is 76.7 Å². The van der Waals surface area contributed by atoms with Gasteiger partial charge < -0.3 is 10.2 Å². The van der Waals surface area contributed by atoms with Gasteiger partial charge in [0.2, 0.25) is 5.91 Å². The Morgan fingerprint density at radius 1 is 1.07 bits per heavy atom. The lowest BCUT2D eigenvalue weighted by atomic mass is 9.88. The molecule has 4 rings (SSSR count). The highest BCUT2D eigenvalue weighted by atomic mass is 32.1. The molecule has 1 saturated heterocycles. The molecule has 1 aliphatic carbocycles. The van der Waals surface area contributed by atoms with Gasteiger partial charge in [-0.3, -0.25) is 4.79 Å². The fraction of sp³-hybridized carbons (Fsp3) is 0.667. The molecule has 4 nitrogen and oxygen atoms in total. The maximum Gasteiger partial charge on any atom is 0.220 e. The Balaban J connectivity index is 1.09. The van der Waals surface area contributed by atoms with E-state index in [1.54, 1.807) is 11.3 Å². The third-order valence-corrected chi connectivity index (χ3v) is 7.67. The quantitative estimate of drug-likeness (QED) is 0.607. The van der Waals surface area contributed by atoms with Crippen LogP contribution in [-0.2, 0) is 11.2 Å². The summed E-state index contributed by atoms with van der Waals surface area (Å²) in [4.78, 5) is 19.6. The van der Waals surface area contributed by atoms with E-state index in [-0.39, 0.29) is 5.91 Å². The summed E-state index contributed by atoms with van der Waals surface area (Å²) >= 11 is 1.78. The number of carbonyl (C=O) groups is 1. The number of nitrogens with zero attached hydrogens (tertiary/aromatic N) is 2. The number of aryl methyl sites for hydroxylation is 1. The van der Waals surface area contributed by atoms with Crippen molar-refractivity contribution >= 4 is 27.5 Å². The summed E-state index contributed by atoms with van der Waals surface area (Å²) in [5.41, 5.74) is 1.10. The van der Waals surface area contributed by atoms with Crippen LogP contribution in [0.2, 0.25) is 0 Å². The number of aromatic nitrogens is 1. The van der Waals surface area contributed by atoms with Crippen LogP contribution in [0.4, 0.5) is 0 Å².